The number of urea groups is 1. The van der Waals surface area contributed by atoms with E-state index in [0.717, 1.165) is 24.1 Å². The van der Waals surface area contributed by atoms with E-state index in [-0.39, 0.29) is 12.1 Å². The first-order valence-electron chi connectivity index (χ1n) is 7.50. The van der Waals surface area contributed by atoms with E-state index in [2.05, 4.69) is 5.32 Å². The molecule has 0 atom stereocenters. The molecule has 0 heterocycles. The Bertz CT molecular complexity index is 436. The summed E-state index contributed by atoms with van der Waals surface area (Å²) in [4.78, 5) is 14.3. The number of carbonyl (C=O) groups is 1. The molecule has 0 saturated heterocycles. The predicted molar refractivity (Wildman–Crippen MR) is 82.7 cm³/mol. The molecule has 0 aromatic heterocycles. The third-order valence-corrected chi connectivity index (χ3v) is 3.87. The average Bonchev–Trinajstić information content (AvgIpc) is 2.92. The molecule has 1 fully saturated rings. The van der Waals surface area contributed by atoms with Crippen molar-refractivity contribution in [2.24, 2.45) is 5.73 Å². The number of hydrogen-bond acceptors (Lipinski definition) is 2. The summed E-state index contributed by atoms with van der Waals surface area (Å²) >= 11 is 0. The van der Waals surface area contributed by atoms with Gasteiger partial charge in [0.2, 0.25) is 0 Å². The molecule has 2 amide bonds. The monoisotopic (exact) mass is 275 g/mol. The maximum absolute atomic E-state index is 12.5. The number of nitrogens with two attached hydrogens (primary N) is 1. The van der Waals surface area contributed by atoms with E-state index >= 15 is 0 Å². The molecule has 20 heavy (non-hydrogen) atoms. The Balaban J connectivity index is 2.10. The van der Waals surface area contributed by atoms with E-state index < -0.39 is 0 Å². The summed E-state index contributed by atoms with van der Waals surface area (Å²) in [6.07, 6.45) is 4.64. The van der Waals surface area contributed by atoms with Crippen LogP contribution in [0.25, 0.3) is 0 Å². The molecule has 1 aliphatic rings. The van der Waals surface area contributed by atoms with Crippen LogP contribution >= 0.6 is 0 Å². The van der Waals surface area contributed by atoms with Crippen LogP contribution in [0.1, 0.15) is 45.1 Å². The van der Waals surface area contributed by atoms with Crippen LogP contribution < -0.4 is 16.0 Å². The first-order valence-corrected chi connectivity index (χ1v) is 7.50. The summed E-state index contributed by atoms with van der Waals surface area (Å²) in [5.41, 5.74) is 7.61. The van der Waals surface area contributed by atoms with Crippen molar-refractivity contribution in [2.75, 3.05) is 4.90 Å². The van der Waals surface area contributed by atoms with Gasteiger partial charge in [-0.15, -0.1) is 0 Å². The fraction of sp³-hybridized carbons (Fsp3) is 0.562. The van der Waals surface area contributed by atoms with Crippen molar-refractivity contribution in [3.8, 4) is 0 Å². The summed E-state index contributed by atoms with van der Waals surface area (Å²) < 4.78 is 0. The Kier molecular flexibility index (Phi) is 5.01. The summed E-state index contributed by atoms with van der Waals surface area (Å²) in [6.45, 7) is 4.59. The van der Waals surface area contributed by atoms with Crippen molar-refractivity contribution >= 4 is 11.7 Å². The topological polar surface area (TPSA) is 58.4 Å². The molecule has 110 valence electrons. The lowest BCUT2D eigenvalue weighted by molar-refractivity contribution is 0.241. The van der Waals surface area contributed by atoms with E-state index in [4.69, 9.17) is 5.73 Å². The smallest absolute Gasteiger partial charge is 0.322 e. The summed E-state index contributed by atoms with van der Waals surface area (Å²) in [7, 11) is 0. The number of nitrogens with one attached hydrogen (secondary N) is 1. The minimum absolute atomic E-state index is 0.00685. The molecule has 0 bridgehead atoms. The molecule has 0 unspecified atom stereocenters. The van der Waals surface area contributed by atoms with Crippen molar-refractivity contribution in [1.29, 1.82) is 0 Å². The number of amides is 2. The van der Waals surface area contributed by atoms with Gasteiger partial charge < -0.3 is 11.1 Å². The molecule has 0 aliphatic heterocycles. The van der Waals surface area contributed by atoms with Gasteiger partial charge in [-0.3, -0.25) is 4.90 Å². The van der Waals surface area contributed by atoms with E-state index in [9.17, 15) is 4.79 Å². The highest BCUT2D eigenvalue weighted by atomic mass is 16.2. The molecule has 1 aromatic rings. The molecule has 1 saturated carbocycles. The number of benzene rings is 1. The van der Waals surface area contributed by atoms with E-state index in [1.807, 2.05) is 43.0 Å². The van der Waals surface area contributed by atoms with Crippen LogP contribution in [0, 0.1) is 0 Å². The number of anilines is 1. The largest absolute Gasteiger partial charge is 0.335 e. The summed E-state index contributed by atoms with van der Waals surface area (Å²) in [5, 5.41) is 3.15. The van der Waals surface area contributed by atoms with Gasteiger partial charge in [-0.2, -0.15) is 0 Å². The highest BCUT2D eigenvalue weighted by Crippen LogP contribution is 2.21. The number of nitrogens with zero attached hydrogens (tertiary/aromatic N) is 1. The Labute approximate surface area is 121 Å². The van der Waals surface area contributed by atoms with Crippen LogP contribution in [-0.4, -0.2) is 18.1 Å². The second-order valence-electron chi connectivity index (χ2n) is 5.77. The maximum Gasteiger partial charge on any atom is 0.322 e. The first kappa shape index (κ1) is 14.9. The van der Waals surface area contributed by atoms with Crippen LogP contribution in [0.3, 0.4) is 0 Å². The fourth-order valence-corrected chi connectivity index (χ4v) is 2.76. The SMILES string of the molecule is CC(C)N(C(=O)NC1CCCC1)c1ccc(CN)cc1. The van der Waals surface area contributed by atoms with Gasteiger partial charge in [0.1, 0.15) is 0 Å². The minimum Gasteiger partial charge on any atom is -0.335 e. The molecule has 1 aliphatic carbocycles. The molecule has 1 aromatic carbocycles. The van der Waals surface area contributed by atoms with Crippen LogP contribution in [-0.2, 0) is 6.54 Å². The quantitative estimate of drug-likeness (QED) is 0.887. The van der Waals surface area contributed by atoms with Gasteiger partial charge in [-0.05, 0) is 44.4 Å². The van der Waals surface area contributed by atoms with Crippen molar-refractivity contribution in [3.63, 3.8) is 0 Å². The van der Waals surface area contributed by atoms with Crippen LogP contribution in [0.4, 0.5) is 10.5 Å². The molecule has 0 spiro atoms. The molecule has 0 radical (unpaired) electrons. The average molecular weight is 275 g/mol. The Hall–Kier alpha value is -1.55. The minimum atomic E-state index is 0.00685. The zero-order valence-corrected chi connectivity index (χ0v) is 12.4. The molecule has 4 heteroatoms. The standard InChI is InChI=1S/C16H25N3O/c1-12(2)19(15-9-7-13(11-17)8-10-15)16(20)18-14-5-3-4-6-14/h7-10,12,14H,3-6,11,17H2,1-2H3,(H,18,20). The molecule has 2 rings (SSSR count). The lowest BCUT2D eigenvalue weighted by Crippen LogP contribution is -2.47. The Morgan fingerprint density at radius 3 is 2.40 bits per heavy atom. The van der Waals surface area contributed by atoms with Gasteiger partial charge >= 0.3 is 6.03 Å². The van der Waals surface area contributed by atoms with Crippen molar-refractivity contribution in [2.45, 2.75) is 58.2 Å². The number of hydrogen-bond donors (Lipinski definition) is 2. The van der Waals surface area contributed by atoms with Crippen LogP contribution in [0.15, 0.2) is 24.3 Å². The van der Waals surface area contributed by atoms with Gasteiger partial charge in [-0.25, -0.2) is 4.79 Å². The van der Waals surface area contributed by atoms with Gasteiger partial charge in [0, 0.05) is 24.3 Å². The zero-order valence-electron chi connectivity index (χ0n) is 12.4. The molecule has 4 nitrogen and oxygen atoms in total. The highest BCUT2D eigenvalue weighted by molar-refractivity contribution is 5.92. The lowest BCUT2D eigenvalue weighted by Gasteiger charge is -2.28. The molecular weight excluding hydrogens is 250 g/mol. The zero-order chi connectivity index (χ0) is 14.5. The normalized spacial score (nSPS) is 15.6. The fourth-order valence-electron chi connectivity index (χ4n) is 2.76. The summed E-state index contributed by atoms with van der Waals surface area (Å²) in [6, 6.07) is 8.37. The highest BCUT2D eigenvalue weighted by Gasteiger charge is 2.23. The Morgan fingerprint density at radius 1 is 1.30 bits per heavy atom. The lowest BCUT2D eigenvalue weighted by atomic mass is 10.1. The van der Waals surface area contributed by atoms with Gasteiger partial charge in [0.25, 0.3) is 0 Å². The molecular formula is C16H25N3O. The second-order valence-corrected chi connectivity index (χ2v) is 5.77. The Morgan fingerprint density at radius 2 is 1.90 bits per heavy atom. The van der Waals surface area contributed by atoms with E-state index in [0.29, 0.717) is 12.6 Å². The van der Waals surface area contributed by atoms with Crippen molar-refractivity contribution < 1.29 is 4.79 Å². The first-order chi connectivity index (χ1) is 9.61. The van der Waals surface area contributed by atoms with E-state index in [1.165, 1.54) is 12.8 Å². The van der Waals surface area contributed by atoms with Gasteiger partial charge in [0.15, 0.2) is 0 Å². The number of carbonyl (C=O) groups excluding carboxylic acids is 1. The summed E-state index contributed by atoms with van der Waals surface area (Å²) in [5.74, 6) is 0. The second kappa shape index (κ2) is 6.75. The van der Waals surface area contributed by atoms with Gasteiger partial charge in [0.05, 0.1) is 0 Å². The van der Waals surface area contributed by atoms with Crippen LogP contribution in [0.5, 0.6) is 0 Å². The van der Waals surface area contributed by atoms with Crippen molar-refractivity contribution in [3.05, 3.63) is 29.8 Å². The van der Waals surface area contributed by atoms with Crippen molar-refractivity contribution in [1.82, 2.24) is 5.32 Å². The van der Waals surface area contributed by atoms with Gasteiger partial charge in [-0.1, -0.05) is 25.0 Å². The van der Waals surface area contributed by atoms with Crippen LogP contribution in [0.2, 0.25) is 0 Å². The van der Waals surface area contributed by atoms with E-state index in [1.54, 1.807) is 0 Å². The third kappa shape index (κ3) is 3.51. The molecule has 3 N–H and O–H groups in total. The predicted octanol–water partition coefficient (Wildman–Crippen LogP) is 3.01. The number of rotatable bonds is 4. The third-order valence-electron chi connectivity index (χ3n) is 3.87. The maximum atomic E-state index is 12.5.